The van der Waals surface area contributed by atoms with Crippen molar-refractivity contribution in [2.24, 2.45) is 0 Å². The van der Waals surface area contributed by atoms with Gasteiger partial charge in [-0.1, -0.05) is 0 Å². The van der Waals surface area contributed by atoms with Crippen LogP contribution >= 0.6 is 27.3 Å². The van der Waals surface area contributed by atoms with E-state index in [9.17, 15) is 0 Å². The Bertz CT molecular complexity index is 250. The van der Waals surface area contributed by atoms with Crippen LogP contribution in [-0.4, -0.2) is 26.7 Å². The number of nitrogens with one attached hydrogen (secondary N) is 2. The highest BCUT2D eigenvalue weighted by Gasteiger charge is 1.96. The molecular formula is C10H17BrN2S. The second-order valence-electron chi connectivity index (χ2n) is 3.16. The molecule has 0 aliphatic heterocycles. The van der Waals surface area contributed by atoms with Gasteiger partial charge in [-0.05, 0) is 67.6 Å². The van der Waals surface area contributed by atoms with E-state index in [-0.39, 0.29) is 0 Å². The summed E-state index contributed by atoms with van der Waals surface area (Å²) in [6.45, 7) is 3.28. The summed E-state index contributed by atoms with van der Waals surface area (Å²) in [6, 6.07) is 4.30. The van der Waals surface area contributed by atoms with E-state index in [1.54, 1.807) is 0 Å². The average molecular weight is 277 g/mol. The van der Waals surface area contributed by atoms with E-state index in [1.807, 2.05) is 18.4 Å². The van der Waals surface area contributed by atoms with Crippen LogP contribution < -0.4 is 10.6 Å². The van der Waals surface area contributed by atoms with Gasteiger partial charge >= 0.3 is 0 Å². The molecule has 4 heteroatoms. The molecule has 0 fully saturated rings. The van der Waals surface area contributed by atoms with E-state index in [4.69, 9.17) is 0 Å². The Hall–Kier alpha value is 0.1000. The summed E-state index contributed by atoms with van der Waals surface area (Å²) < 4.78 is 1.22. The summed E-state index contributed by atoms with van der Waals surface area (Å²) in [7, 11) is 1.99. The second-order valence-corrected chi connectivity index (χ2v) is 5.71. The quantitative estimate of drug-likeness (QED) is 0.747. The van der Waals surface area contributed by atoms with E-state index in [1.165, 1.54) is 15.1 Å². The minimum atomic E-state index is 1.08. The van der Waals surface area contributed by atoms with Crippen LogP contribution in [0.25, 0.3) is 0 Å². The second kappa shape index (κ2) is 7.40. The van der Waals surface area contributed by atoms with Gasteiger partial charge in [-0.2, -0.15) is 0 Å². The van der Waals surface area contributed by atoms with Gasteiger partial charge in [0.05, 0.1) is 3.79 Å². The van der Waals surface area contributed by atoms with Gasteiger partial charge in [0.15, 0.2) is 0 Å². The number of rotatable bonds is 7. The maximum atomic E-state index is 3.47. The van der Waals surface area contributed by atoms with Crippen molar-refractivity contribution < 1.29 is 0 Å². The fourth-order valence-electron chi connectivity index (χ4n) is 1.21. The van der Waals surface area contributed by atoms with Gasteiger partial charge in [-0.3, -0.25) is 0 Å². The molecule has 1 aromatic rings. The predicted molar refractivity (Wildman–Crippen MR) is 67.1 cm³/mol. The Morgan fingerprint density at radius 2 is 2.14 bits per heavy atom. The van der Waals surface area contributed by atoms with E-state index in [2.05, 4.69) is 38.7 Å². The fraction of sp³-hybridized carbons (Fsp3) is 0.600. The lowest BCUT2D eigenvalue weighted by Crippen LogP contribution is -2.21. The van der Waals surface area contributed by atoms with E-state index < -0.39 is 0 Å². The molecule has 0 aromatic carbocycles. The van der Waals surface area contributed by atoms with Crippen molar-refractivity contribution >= 4 is 27.3 Å². The molecule has 2 nitrogen and oxygen atoms in total. The summed E-state index contributed by atoms with van der Waals surface area (Å²) in [5.74, 6) is 0. The highest BCUT2D eigenvalue weighted by atomic mass is 79.9. The van der Waals surface area contributed by atoms with Crippen molar-refractivity contribution in [3.05, 3.63) is 20.8 Å². The standard InChI is InChI=1S/C10H17BrN2S/c1-12-6-2-7-13-8-5-9-3-4-10(11)14-9/h3-4,12-13H,2,5-8H2,1H3. The highest BCUT2D eigenvalue weighted by molar-refractivity contribution is 9.11. The van der Waals surface area contributed by atoms with Crippen molar-refractivity contribution in [1.82, 2.24) is 10.6 Å². The summed E-state index contributed by atoms with van der Waals surface area (Å²) in [5, 5.41) is 6.56. The van der Waals surface area contributed by atoms with Gasteiger partial charge in [0, 0.05) is 4.88 Å². The van der Waals surface area contributed by atoms with Crippen LogP contribution in [0.15, 0.2) is 15.9 Å². The molecule has 0 bridgehead atoms. The first-order valence-corrected chi connectivity index (χ1v) is 6.53. The third-order valence-electron chi connectivity index (χ3n) is 1.96. The van der Waals surface area contributed by atoms with Crippen molar-refractivity contribution in [3.63, 3.8) is 0 Å². The molecule has 2 N–H and O–H groups in total. The third kappa shape index (κ3) is 5.10. The highest BCUT2D eigenvalue weighted by Crippen LogP contribution is 2.21. The molecular weight excluding hydrogens is 260 g/mol. The number of thiophene rings is 1. The predicted octanol–water partition coefficient (Wildman–Crippen LogP) is 2.25. The zero-order valence-electron chi connectivity index (χ0n) is 8.48. The minimum absolute atomic E-state index is 1.08. The maximum absolute atomic E-state index is 3.47. The Labute approximate surface area is 98.2 Å². The first-order chi connectivity index (χ1) is 6.83. The van der Waals surface area contributed by atoms with E-state index >= 15 is 0 Å². The lowest BCUT2D eigenvalue weighted by atomic mass is 10.3. The molecule has 0 spiro atoms. The van der Waals surface area contributed by atoms with Crippen LogP contribution in [0.1, 0.15) is 11.3 Å². The van der Waals surface area contributed by atoms with Crippen LogP contribution in [0.3, 0.4) is 0 Å². The molecule has 0 atom stereocenters. The molecule has 1 rings (SSSR count). The first kappa shape index (κ1) is 12.2. The molecule has 0 saturated heterocycles. The Morgan fingerprint density at radius 1 is 1.29 bits per heavy atom. The molecule has 0 radical (unpaired) electrons. The van der Waals surface area contributed by atoms with Crippen molar-refractivity contribution in [2.75, 3.05) is 26.7 Å². The summed E-state index contributed by atoms with van der Waals surface area (Å²) in [4.78, 5) is 1.44. The van der Waals surface area contributed by atoms with Crippen LogP contribution in [-0.2, 0) is 6.42 Å². The van der Waals surface area contributed by atoms with Gasteiger partial charge in [-0.15, -0.1) is 11.3 Å². The molecule has 14 heavy (non-hydrogen) atoms. The number of hydrogen-bond donors (Lipinski definition) is 2. The fourth-order valence-corrected chi connectivity index (χ4v) is 2.70. The third-order valence-corrected chi connectivity index (χ3v) is 3.64. The largest absolute Gasteiger partial charge is 0.320 e. The topological polar surface area (TPSA) is 24.1 Å². The number of hydrogen-bond acceptors (Lipinski definition) is 3. The Kier molecular flexibility index (Phi) is 6.43. The molecule has 0 aliphatic carbocycles. The van der Waals surface area contributed by atoms with Crippen LogP contribution in [0.4, 0.5) is 0 Å². The van der Waals surface area contributed by atoms with Gasteiger partial charge in [0.1, 0.15) is 0 Å². The summed E-state index contributed by atoms with van der Waals surface area (Å²) in [5.41, 5.74) is 0. The van der Waals surface area contributed by atoms with Crippen LogP contribution in [0.2, 0.25) is 0 Å². The van der Waals surface area contributed by atoms with Crippen molar-refractivity contribution in [1.29, 1.82) is 0 Å². The van der Waals surface area contributed by atoms with Crippen molar-refractivity contribution in [3.8, 4) is 0 Å². The van der Waals surface area contributed by atoms with Crippen molar-refractivity contribution in [2.45, 2.75) is 12.8 Å². The zero-order chi connectivity index (χ0) is 10.2. The Balaban J connectivity index is 1.99. The monoisotopic (exact) mass is 276 g/mol. The van der Waals surface area contributed by atoms with Gasteiger partial charge < -0.3 is 10.6 Å². The molecule has 80 valence electrons. The lowest BCUT2D eigenvalue weighted by Gasteiger charge is -2.02. The van der Waals surface area contributed by atoms with Crippen LogP contribution in [0, 0.1) is 0 Å². The summed E-state index contributed by atoms with van der Waals surface area (Å²) in [6.07, 6.45) is 2.33. The first-order valence-electron chi connectivity index (χ1n) is 4.92. The lowest BCUT2D eigenvalue weighted by molar-refractivity contribution is 0.626. The molecule has 1 aromatic heterocycles. The van der Waals surface area contributed by atoms with E-state index in [0.29, 0.717) is 0 Å². The molecule has 1 heterocycles. The van der Waals surface area contributed by atoms with Gasteiger partial charge in [0.25, 0.3) is 0 Å². The zero-order valence-corrected chi connectivity index (χ0v) is 10.9. The molecule has 0 amide bonds. The minimum Gasteiger partial charge on any atom is -0.320 e. The Morgan fingerprint density at radius 3 is 2.79 bits per heavy atom. The normalized spacial score (nSPS) is 10.7. The van der Waals surface area contributed by atoms with Gasteiger partial charge in [-0.25, -0.2) is 0 Å². The summed E-state index contributed by atoms with van der Waals surface area (Å²) >= 11 is 5.29. The maximum Gasteiger partial charge on any atom is 0.0701 e. The number of halogens is 1. The molecule has 0 unspecified atom stereocenters. The van der Waals surface area contributed by atoms with Crippen LogP contribution in [0.5, 0.6) is 0 Å². The molecule has 0 aliphatic rings. The van der Waals surface area contributed by atoms with Gasteiger partial charge in [0.2, 0.25) is 0 Å². The molecule has 0 saturated carbocycles. The smallest absolute Gasteiger partial charge is 0.0701 e. The SMILES string of the molecule is CNCCCNCCc1ccc(Br)s1. The average Bonchev–Trinajstić information content (AvgIpc) is 2.58. The van der Waals surface area contributed by atoms with E-state index in [0.717, 1.165) is 26.1 Å².